The minimum absolute atomic E-state index is 0.332. The highest BCUT2D eigenvalue weighted by atomic mass is 32.2. The predicted octanol–water partition coefficient (Wildman–Crippen LogP) is 4.83. The number of rotatable bonds is 7. The first kappa shape index (κ1) is 27.1. The second-order valence-corrected chi connectivity index (χ2v) is 13.2. The van der Waals surface area contributed by atoms with Crippen LogP contribution in [0.15, 0.2) is 60.6 Å². The standard InChI is InChI=1S/C28H28F4N4O3S/c1-26-12-19-15-34-36(22-6-4-21(29)5-7-22)23(19)11-20(26)8-9-27(26)13-25(27)35(40(38,39)17-28(30,31)32)16-24(37)18-3-2-10-33-14-18/h2-7,10-11,14-15,24-25,37H,8-9,12-13,16-17H2,1H3/t24?,25?,26?,27-/m0/s1. The largest absolute Gasteiger partial charge is 0.404 e. The van der Waals surface area contributed by atoms with E-state index < -0.39 is 51.5 Å². The molecule has 12 heteroatoms. The van der Waals surface area contributed by atoms with E-state index >= 15 is 0 Å². The number of nitrogens with zero attached hydrogens (tertiary/aromatic N) is 4. The minimum atomic E-state index is -4.92. The van der Waals surface area contributed by atoms with E-state index in [9.17, 15) is 31.1 Å². The van der Waals surface area contributed by atoms with Crippen LogP contribution >= 0.6 is 0 Å². The molecule has 0 radical (unpaired) electrons. The van der Waals surface area contributed by atoms with E-state index in [1.165, 1.54) is 24.5 Å². The van der Waals surface area contributed by atoms with Gasteiger partial charge in [-0.05, 0) is 73.1 Å². The minimum Gasteiger partial charge on any atom is -0.387 e. The Bertz CT molecular complexity index is 1570. The quantitative estimate of drug-likeness (QED) is 0.407. The van der Waals surface area contributed by atoms with Gasteiger partial charge >= 0.3 is 6.18 Å². The van der Waals surface area contributed by atoms with E-state index in [1.807, 2.05) is 6.08 Å². The first-order chi connectivity index (χ1) is 18.8. The van der Waals surface area contributed by atoms with Crippen LogP contribution in [0.2, 0.25) is 0 Å². The molecule has 1 aromatic carbocycles. The number of allylic oxidation sites excluding steroid dienone is 1. The lowest BCUT2D eigenvalue weighted by atomic mass is 9.67. The molecule has 0 aliphatic heterocycles. The Morgan fingerprint density at radius 1 is 1.20 bits per heavy atom. The second kappa shape index (κ2) is 9.22. The fourth-order valence-electron chi connectivity index (χ4n) is 6.86. The third kappa shape index (κ3) is 4.46. The van der Waals surface area contributed by atoms with Crippen molar-refractivity contribution in [1.29, 1.82) is 0 Å². The van der Waals surface area contributed by atoms with Crippen molar-refractivity contribution in [3.8, 4) is 5.69 Å². The van der Waals surface area contributed by atoms with Crippen LogP contribution in [0.25, 0.3) is 11.8 Å². The Morgan fingerprint density at radius 3 is 2.62 bits per heavy atom. The molecule has 1 spiro atoms. The SMILES string of the molecule is CC12Cc3cnn(-c4ccc(F)cc4)c3C=C1CC[C@@]21CC1N(CC(O)c1cccnc1)S(=O)(=O)CC(F)(F)F. The van der Waals surface area contributed by atoms with Gasteiger partial charge in [-0.3, -0.25) is 4.98 Å². The van der Waals surface area contributed by atoms with Crippen molar-refractivity contribution in [3.05, 3.63) is 83.2 Å². The first-order valence-corrected chi connectivity index (χ1v) is 14.6. The Labute approximate surface area is 229 Å². The Hall–Kier alpha value is -3.09. The van der Waals surface area contributed by atoms with Gasteiger partial charge in [0.25, 0.3) is 0 Å². The highest BCUT2D eigenvalue weighted by molar-refractivity contribution is 7.89. The molecule has 3 aliphatic carbocycles. The van der Waals surface area contributed by atoms with E-state index in [-0.39, 0.29) is 5.82 Å². The van der Waals surface area contributed by atoms with Crippen molar-refractivity contribution in [2.75, 3.05) is 12.3 Å². The second-order valence-electron chi connectivity index (χ2n) is 11.2. The first-order valence-electron chi connectivity index (χ1n) is 13.0. The van der Waals surface area contributed by atoms with Crippen molar-refractivity contribution in [2.45, 2.75) is 50.9 Å². The molecule has 4 atom stereocenters. The van der Waals surface area contributed by atoms with Crippen LogP contribution in [0.1, 0.15) is 49.1 Å². The van der Waals surface area contributed by atoms with E-state index in [0.717, 1.165) is 21.1 Å². The Balaban J connectivity index is 1.33. The average molecular weight is 577 g/mol. The maximum atomic E-state index is 13.5. The van der Waals surface area contributed by atoms with Crippen molar-refractivity contribution in [3.63, 3.8) is 0 Å². The molecular formula is C28H28F4N4O3S. The van der Waals surface area contributed by atoms with Crippen LogP contribution in [-0.4, -0.2) is 57.1 Å². The molecule has 2 heterocycles. The predicted molar refractivity (Wildman–Crippen MR) is 139 cm³/mol. The van der Waals surface area contributed by atoms with Crippen LogP contribution in [0.5, 0.6) is 0 Å². The lowest BCUT2D eigenvalue weighted by Gasteiger charge is -2.39. The molecular weight excluding hydrogens is 548 g/mol. The van der Waals surface area contributed by atoms with Crippen LogP contribution in [0, 0.1) is 16.6 Å². The van der Waals surface area contributed by atoms with Crippen LogP contribution in [0.4, 0.5) is 17.6 Å². The van der Waals surface area contributed by atoms with Crippen LogP contribution < -0.4 is 0 Å². The Morgan fingerprint density at radius 2 is 1.95 bits per heavy atom. The van der Waals surface area contributed by atoms with Crippen LogP contribution in [-0.2, 0) is 16.4 Å². The normalized spacial score (nSPS) is 26.5. The van der Waals surface area contributed by atoms with E-state index in [2.05, 4.69) is 17.0 Å². The summed E-state index contributed by atoms with van der Waals surface area (Å²) in [6, 6.07) is 8.45. The summed E-state index contributed by atoms with van der Waals surface area (Å²) in [6.07, 6.45) is 2.64. The molecule has 0 saturated heterocycles. The van der Waals surface area contributed by atoms with Crippen molar-refractivity contribution in [1.82, 2.24) is 19.1 Å². The molecule has 7 nitrogen and oxygen atoms in total. The van der Waals surface area contributed by atoms with Gasteiger partial charge in [0, 0.05) is 36.0 Å². The molecule has 212 valence electrons. The van der Waals surface area contributed by atoms with Gasteiger partial charge in [-0.15, -0.1) is 0 Å². The lowest BCUT2D eigenvalue weighted by Crippen LogP contribution is -2.45. The zero-order valence-corrected chi connectivity index (χ0v) is 22.5. The Kier molecular flexibility index (Phi) is 6.24. The number of sulfonamides is 1. The number of aliphatic hydroxyl groups is 1. The number of benzene rings is 1. The zero-order valence-electron chi connectivity index (χ0n) is 21.6. The number of fused-ring (bicyclic) bond motifs is 3. The number of hydrogen-bond donors (Lipinski definition) is 1. The van der Waals surface area contributed by atoms with Crippen molar-refractivity contribution < 1.29 is 31.1 Å². The van der Waals surface area contributed by atoms with Gasteiger partial charge in [-0.1, -0.05) is 18.6 Å². The van der Waals surface area contributed by atoms with Gasteiger partial charge in [0.2, 0.25) is 10.0 Å². The number of hydrogen-bond acceptors (Lipinski definition) is 5. The third-order valence-corrected chi connectivity index (χ3v) is 10.8. The molecule has 2 aromatic heterocycles. The van der Waals surface area contributed by atoms with Gasteiger partial charge in [0.15, 0.2) is 5.75 Å². The third-order valence-electron chi connectivity index (χ3n) is 8.97. The zero-order chi connectivity index (χ0) is 28.5. The number of aliphatic hydroxyl groups excluding tert-OH is 1. The summed E-state index contributed by atoms with van der Waals surface area (Å²) in [5.74, 6) is -2.34. The molecule has 0 bridgehead atoms. The summed E-state index contributed by atoms with van der Waals surface area (Å²) in [7, 11) is -4.78. The van der Waals surface area contributed by atoms with Gasteiger partial charge in [-0.25, -0.2) is 17.5 Å². The highest BCUT2D eigenvalue weighted by Gasteiger charge is 2.71. The number of alkyl halides is 3. The summed E-state index contributed by atoms with van der Waals surface area (Å²) in [5.41, 5.74) is 2.86. The molecule has 40 heavy (non-hydrogen) atoms. The van der Waals surface area contributed by atoms with Gasteiger partial charge in [0.1, 0.15) is 5.82 Å². The fraction of sp³-hybridized carbons (Fsp3) is 0.429. The van der Waals surface area contributed by atoms with E-state index in [0.29, 0.717) is 36.9 Å². The molecule has 3 unspecified atom stereocenters. The molecule has 1 N–H and O–H groups in total. The lowest BCUT2D eigenvalue weighted by molar-refractivity contribution is -0.107. The van der Waals surface area contributed by atoms with E-state index in [4.69, 9.17) is 0 Å². The molecule has 3 aromatic rings. The number of halogens is 4. The molecule has 2 fully saturated rings. The fourth-order valence-corrected chi connectivity index (χ4v) is 8.48. The summed E-state index contributed by atoms with van der Waals surface area (Å²) in [5, 5.41) is 15.4. The maximum absolute atomic E-state index is 13.5. The van der Waals surface area contributed by atoms with Crippen molar-refractivity contribution >= 4 is 16.1 Å². The van der Waals surface area contributed by atoms with Gasteiger partial charge in [-0.2, -0.15) is 22.6 Å². The smallest absolute Gasteiger partial charge is 0.387 e. The van der Waals surface area contributed by atoms with E-state index in [1.54, 1.807) is 35.1 Å². The molecule has 3 aliphatic rings. The topological polar surface area (TPSA) is 88.3 Å². The number of aromatic nitrogens is 3. The van der Waals surface area contributed by atoms with Crippen molar-refractivity contribution in [2.24, 2.45) is 10.8 Å². The van der Waals surface area contributed by atoms with Gasteiger partial charge < -0.3 is 5.11 Å². The summed E-state index contributed by atoms with van der Waals surface area (Å²) in [6.45, 7) is 1.56. The molecule has 2 saturated carbocycles. The summed E-state index contributed by atoms with van der Waals surface area (Å²) < 4.78 is 82.7. The van der Waals surface area contributed by atoms with Crippen LogP contribution in [0.3, 0.4) is 0 Å². The summed E-state index contributed by atoms with van der Waals surface area (Å²) in [4.78, 5) is 3.94. The summed E-state index contributed by atoms with van der Waals surface area (Å²) >= 11 is 0. The van der Waals surface area contributed by atoms with Gasteiger partial charge in [0.05, 0.1) is 23.7 Å². The molecule has 6 rings (SSSR count). The molecule has 0 amide bonds. The highest BCUT2D eigenvalue weighted by Crippen LogP contribution is 2.73. The maximum Gasteiger partial charge on any atom is 0.404 e. The monoisotopic (exact) mass is 576 g/mol. The average Bonchev–Trinajstić information content (AvgIpc) is 3.38. The number of pyridine rings is 1.